The first kappa shape index (κ1) is 13.5. The van der Waals surface area contributed by atoms with Crippen LogP contribution < -0.4 is 4.72 Å². The van der Waals surface area contributed by atoms with Crippen molar-refractivity contribution in [3.05, 3.63) is 28.6 Å². The van der Waals surface area contributed by atoms with Crippen LogP contribution >= 0.6 is 22.9 Å². The van der Waals surface area contributed by atoms with Gasteiger partial charge in [0.05, 0.1) is 11.9 Å². The Labute approximate surface area is 114 Å². The molecule has 6 nitrogen and oxygen atoms in total. The molecule has 2 rings (SSSR count). The van der Waals surface area contributed by atoms with Crippen molar-refractivity contribution in [2.75, 3.05) is 6.54 Å². The van der Waals surface area contributed by atoms with Crippen LogP contribution in [0.15, 0.2) is 22.7 Å². The van der Waals surface area contributed by atoms with Crippen molar-refractivity contribution >= 4 is 33.0 Å². The number of aryl methyl sites for hydroxylation is 1. The van der Waals surface area contributed by atoms with Crippen LogP contribution in [0.25, 0.3) is 0 Å². The van der Waals surface area contributed by atoms with Crippen molar-refractivity contribution in [1.82, 2.24) is 19.5 Å². The molecule has 0 radical (unpaired) electrons. The number of sulfonamides is 1. The van der Waals surface area contributed by atoms with E-state index in [2.05, 4.69) is 14.8 Å². The quantitative estimate of drug-likeness (QED) is 0.896. The Kier molecular flexibility index (Phi) is 4.00. The summed E-state index contributed by atoms with van der Waals surface area (Å²) in [4.78, 5) is 3.70. The van der Waals surface area contributed by atoms with Crippen LogP contribution in [0.2, 0.25) is 4.47 Å². The second-order valence-corrected chi connectivity index (χ2v) is 7.17. The highest BCUT2D eigenvalue weighted by Crippen LogP contribution is 2.21. The molecule has 98 valence electrons. The van der Waals surface area contributed by atoms with E-state index in [0.717, 1.165) is 17.0 Å². The molecule has 9 heteroatoms. The number of rotatable bonds is 5. The maximum atomic E-state index is 11.8. The Morgan fingerprint density at radius 3 is 2.89 bits per heavy atom. The van der Waals surface area contributed by atoms with Gasteiger partial charge in [-0.2, -0.15) is 5.10 Å². The molecule has 0 amide bonds. The van der Waals surface area contributed by atoms with E-state index in [1.807, 2.05) is 19.3 Å². The molecule has 0 aliphatic rings. The van der Waals surface area contributed by atoms with Crippen LogP contribution in [0.5, 0.6) is 0 Å². The molecule has 0 saturated heterocycles. The summed E-state index contributed by atoms with van der Waals surface area (Å²) >= 11 is 6.53. The second-order valence-electron chi connectivity index (χ2n) is 3.56. The lowest BCUT2D eigenvalue weighted by Gasteiger charge is -2.02. The van der Waals surface area contributed by atoms with Crippen molar-refractivity contribution in [2.24, 2.45) is 7.05 Å². The predicted octanol–water partition coefficient (Wildman–Crippen LogP) is 1.05. The van der Waals surface area contributed by atoms with Crippen LogP contribution in [-0.4, -0.2) is 29.7 Å². The Morgan fingerprint density at radius 1 is 1.56 bits per heavy atom. The van der Waals surface area contributed by atoms with Gasteiger partial charge in [0.2, 0.25) is 0 Å². The molecule has 2 heterocycles. The summed E-state index contributed by atoms with van der Waals surface area (Å²) in [6, 6.07) is 1.85. The average molecular weight is 307 g/mol. The highest BCUT2D eigenvalue weighted by Gasteiger charge is 2.16. The van der Waals surface area contributed by atoms with Gasteiger partial charge in [0.1, 0.15) is 0 Å². The van der Waals surface area contributed by atoms with E-state index in [9.17, 15) is 8.42 Å². The number of thiazole rings is 1. The molecule has 0 aliphatic carbocycles. The van der Waals surface area contributed by atoms with Crippen molar-refractivity contribution in [3.8, 4) is 0 Å². The molecule has 0 saturated carbocycles. The van der Waals surface area contributed by atoms with E-state index < -0.39 is 10.0 Å². The van der Waals surface area contributed by atoms with Crippen LogP contribution in [0.1, 0.15) is 5.69 Å². The van der Waals surface area contributed by atoms with Gasteiger partial charge in [-0.1, -0.05) is 22.9 Å². The lowest BCUT2D eigenvalue weighted by Crippen LogP contribution is -2.25. The Bertz CT molecular complexity index is 635. The lowest BCUT2D eigenvalue weighted by atomic mass is 10.3. The summed E-state index contributed by atoms with van der Waals surface area (Å²) in [5, 5.41) is 4.16. The number of nitrogens with one attached hydrogen (secondary N) is 1. The summed E-state index contributed by atoms with van der Waals surface area (Å²) < 4.78 is 28.1. The van der Waals surface area contributed by atoms with Gasteiger partial charge in [-0.05, 0) is 6.07 Å². The molecular weight excluding hydrogens is 296 g/mol. The van der Waals surface area contributed by atoms with E-state index in [4.69, 9.17) is 11.6 Å². The van der Waals surface area contributed by atoms with E-state index in [0.29, 0.717) is 6.42 Å². The topological polar surface area (TPSA) is 76.9 Å². The third kappa shape index (κ3) is 3.29. The molecule has 2 aromatic rings. The third-order valence-corrected chi connectivity index (χ3v) is 5.20. The van der Waals surface area contributed by atoms with Gasteiger partial charge in [-0.15, -0.1) is 0 Å². The van der Waals surface area contributed by atoms with Gasteiger partial charge in [0, 0.05) is 26.2 Å². The normalized spacial score (nSPS) is 11.9. The van der Waals surface area contributed by atoms with Gasteiger partial charge in [-0.25, -0.2) is 18.1 Å². The van der Waals surface area contributed by atoms with Crippen molar-refractivity contribution in [3.63, 3.8) is 0 Å². The number of hydrogen-bond acceptors (Lipinski definition) is 5. The zero-order valence-electron chi connectivity index (χ0n) is 9.50. The van der Waals surface area contributed by atoms with Crippen molar-refractivity contribution in [2.45, 2.75) is 10.6 Å². The predicted molar refractivity (Wildman–Crippen MR) is 69.2 cm³/mol. The van der Waals surface area contributed by atoms with E-state index in [1.54, 1.807) is 4.68 Å². The molecule has 0 aliphatic heterocycles. The summed E-state index contributed by atoms with van der Waals surface area (Å²) in [5.74, 6) is 0. The first-order valence-corrected chi connectivity index (χ1v) is 7.75. The SMILES string of the molecule is Cn1ccc(CCNS(=O)(=O)c2cnc(Cl)s2)n1. The maximum Gasteiger partial charge on any atom is 0.251 e. The fraction of sp³-hybridized carbons (Fsp3) is 0.333. The Balaban J connectivity index is 1.93. The zero-order valence-corrected chi connectivity index (χ0v) is 11.9. The number of hydrogen-bond donors (Lipinski definition) is 1. The van der Waals surface area contributed by atoms with Crippen molar-refractivity contribution in [1.29, 1.82) is 0 Å². The fourth-order valence-corrected chi connectivity index (χ4v) is 3.71. The summed E-state index contributed by atoms with van der Waals surface area (Å²) in [5.41, 5.74) is 0.836. The van der Waals surface area contributed by atoms with Crippen LogP contribution in [-0.2, 0) is 23.5 Å². The number of aromatic nitrogens is 3. The van der Waals surface area contributed by atoms with Crippen molar-refractivity contribution < 1.29 is 8.42 Å². The molecular formula is C9H11ClN4O2S2. The minimum atomic E-state index is -3.52. The minimum absolute atomic E-state index is 0.119. The average Bonchev–Trinajstić information content (AvgIpc) is 2.88. The number of halogens is 1. The first-order chi connectivity index (χ1) is 8.47. The lowest BCUT2D eigenvalue weighted by molar-refractivity contribution is 0.583. The second kappa shape index (κ2) is 5.35. The zero-order chi connectivity index (χ0) is 13.2. The monoisotopic (exact) mass is 306 g/mol. The first-order valence-electron chi connectivity index (χ1n) is 5.07. The third-order valence-electron chi connectivity index (χ3n) is 2.16. The summed E-state index contributed by atoms with van der Waals surface area (Å²) in [6.07, 6.45) is 3.59. The molecule has 0 bridgehead atoms. The van der Waals surface area contributed by atoms with E-state index >= 15 is 0 Å². The Morgan fingerprint density at radius 2 is 2.33 bits per heavy atom. The molecule has 0 atom stereocenters. The van der Waals surface area contributed by atoms with Gasteiger partial charge < -0.3 is 0 Å². The highest BCUT2D eigenvalue weighted by molar-refractivity contribution is 7.91. The van der Waals surface area contributed by atoms with E-state index in [1.165, 1.54) is 6.20 Å². The maximum absolute atomic E-state index is 11.8. The molecule has 1 N–H and O–H groups in total. The van der Waals surface area contributed by atoms with Gasteiger partial charge in [0.25, 0.3) is 10.0 Å². The van der Waals surface area contributed by atoms with E-state index in [-0.39, 0.29) is 15.2 Å². The molecule has 0 spiro atoms. The fourth-order valence-electron chi connectivity index (χ4n) is 1.34. The smallest absolute Gasteiger partial charge is 0.251 e. The molecule has 2 aromatic heterocycles. The highest BCUT2D eigenvalue weighted by atomic mass is 35.5. The largest absolute Gasteiger partial charge is 0.276 e. The Hall–Kier alpha value is -0.960. The van der Waals surface area contributed by atoms with Crippen LogP contribution in [0.3, 0.4) is 0 Å². The molecule has 18 heavy (non-hydrogen) atoms. The molecule has 0 aromatic carbocycles. The minimum Gasteiger partial charge on any atom is -0.276 e. The van der Waals surface area contributed by atoms with Gasteiger partial charge in [-0.3, -0.25) is 4.68 Å². The van der Waals surface area contributed by atoms with Crippen LogP contribution in [0.4, 0.5) is 0 Å². The molecule has 0 unspecified atom stereocenters. The summed E-state index contributed by atoms with van der Waals surface area (Å²) in [6.45, 7) is 0.287. The van der Waals surface area contributed by atoms with Gasteiger partial charge >= 0.3 is 0 Å². The summed E-state index contributed by atoms with van der Waals surface area (Å²) in [7, 11) is -1.70. The standard InChI is InChI=1S/C9H11ClN4O2S2/c1-14-5-3-7(13-14)2-4-12-18(15,16)8-6-11-9(10)17-8/h3,5-6,12H,2,4H2,1H3. The van der Waals surface area contributed by atoms with Gasteiger partial charge in [0.15, 0.2) is 8.68 Å². The van der Waals surface area contributed by atoms with Crippen LogP contribution in [0, 0.1) is 0 Å². The molecule has 0 fully saturated rings. The number of nitrogens with zero attached hydrogens (tertiary/aromatic N) is 3.